The molecule has 0 bridgehead atoms. The highest BCUT2D eigenvalue weighted by Gasteiger charge is 2.26. The maximum atomic E-state index is 11.9. The van der Waals surface area contributed by atoms with Gasteiger partial charge in [0, 0.05) is 45.0 Å². The molecule has 0 aliphatic carbocycles. The molecule has 0 saturated carbocycles. The van der Waals surface area contributed by atoms with Gasteiger partial charge in [-0.3, -0.25) is 19.5 Å². The summed E-state index contributed by atoms with van der Waals surface area (Å²) in [4.78, 5) is 35.8. The van der Waals surface area contributed by atoms with Gasteiger partial charge < -0.3 is 15.0 Å². The summed E-state index contributed by atoms with van der Waals surface area (Å²) in [6.07, 6.45) is 5.11. The van der Waals surface area contributed by atoms with Crippen LogP contribution in [0.5, 0.6) is 11.6 Å². The quantitative estimate of drug-likeness (QED) is 0.806. The minimum absolute atomic E-state index is 0.117. The number of anilines is 1. The molecule has 2 heterocycles. The highest BCUT2D eigenvalue weighted by molar-refractivity contribution is 5.88. The Bertz CT molecular complexity index is 846. The zero-order valence-electron chi connectivity index (χ0n) is 17.1. The Labute approximate surface area is 170 Å². The predicted octanol–water partition coefficient (Wildman–Crippen LogP) is 2.49. The van der Waals surface area contributed by atoms with Crippen LogP contribution in [0.3, 0.4) is 0 Å². The maximum Gasteiger partial charge on any atom is 0.241 e. The Morgan fingerprint density at radius 3 is 2.41 bits per heavy atom. The van der Waals surface area contributed by atoms with Gasteiger partial charge in [-0.2, -0.15) is 0 Å². The number of likely N-dealkylation sites (tertiary alicyclic amines) is 1. The van der Waals surface area contributed by atoms with Crippen LogP contribution in [0, 0.1) is 0 Å². The second-order valence-electron chi connectivity index (χ2n) is 7.39. The van der Waals surface area contributed by atoms with Crippen LogP contribution in [0.15, 0.2) is 36.7 Å². The molecule has 1 aliphatic rings. The molecule has 3 rings (SSSR count). The van der Waals surface area contributed by atoms with Crippen LogP contribution in [0.4, 0.5) is 5.69 Å². The van der Waals surface area contributed by atoms with Crippen molar-refractivity contribution in [3.05, 3.63) is 42.4 Å². The summed E-state index contributed by atoms with van der Waals surface area (Å²) in [5.74, 6) is 1.38. The van der Waals surface area contributed by atoms with Crippen molar-refractivity contribution < 1.29 is 14.3 Å². The fourth-order valence-electron chi connectivity index (χ4n) is 3.31. The normalized spacial score (nSPS) is 15.0. The molecule has 1 fully saturated rings. The SMILES string of the molecule is CC(=O)Nc1ccc(Oc2nccnc2C2CCN(CC(=O)N(C)C)CC2)cc1. The van der Waals surface area contributed by atoms with Gasteiger partial charge >= 0.3 is 0 Å². The molecule has 1 aromatic carbocycles. The molecule has 0 atom stereocenters. The number of likely N-dealkylation sites (N-methyl/N-ethyl adjacent to an activating group) is 1. The van der Waals surface area contributed by atoms with Crippen LogP contribution in [0.1, 0.15) is 31.4 Å². The first-order chi connectivity index (χ1) is 13.9. The average molecular weight is 397 g/mol. The number of ether oxygens (including phenoxy) is 1. The molecule has 1 aliphatic heterocycles. The van der Waals surface area contributed by atoms with E-state index in [-0.39, 0.29) is 17.7 Å². The Hall–Kier alpha value is -3.00. The Balaban J connectivity index is 1.64. The number of carbonyl (C=O) groups is 2. The fourth-order valence-corrected chi connectivity index (χ4v) is 3.31. The summed E-state index contributed by atoms with van der Waals surface area (Å²) in [6, 6.07) is 7.15. The van der Waals surface area contributed by atoms with Crippen molar-refractivity contribution in [2.45, 2.75) is 25.7 Å². The van der Waals surface area contributed by atoms with Crippen molar-refractivity contribution >= 4 is 17.5 Å². The third kappa shape index (κ3) is 5.74. The molecule has 0 unspecified atom stereocenters. The van der Waals surface area contributed by atoms with Crippen LogP contribution in [0.2, 0.25) is 0 Å². The summed E-state index contributed by atoms with van der Waals surface area (Å²) >= 11 is 0. The second-order valence-corrected chi connectivity index (χ2v) is 7.39. The second kappa shape index (κ2) is 9.47. The van der Waals surface area contributed by atoms with Crippen molar-refractivity contribution in [3.63, 3.8) is 0 Å². The lowest BCUT2D eigenvalue weighted by molar-refractivity contribution is -0.130. The zero-order chi connectivity index (χ0) is 20.8. The summed E-state index contributed by atoms with van der Waals surface area (Å²) < 4.78 is 5.98. The van der Waals surface area contributed by atoms with Crippen LogP contribution < -0.4 is 10.1 Å². The molecule has 1 N–H and O–H groups in total. The molecule has 154 valence electrons. The number of benzene rings is 1. The van der Waals surface area contributed by atoms with Gasteiger partial charge in [0.1, 0.15) is 11.4 Å². The number of nitrogens with zero attached hydrogens (tertiary/aromatic N) is 4. The van der Waals surface area contributed by atoms with Gasteiger partial charge in [0.2, 0.25) is 17.7 Å². The number of nitrogens with one attached hydrogen (secondary N) is 1. The van der Waals surface area contributed by atoms with Crippen LogP contribution in [-0.4, -0.2) is 65.3 Å². The van der Waals surface area contributed by atoms with Gasteiger partial charge in [0.05, 0.1) is 6.54 Å². The molecule has 2 aromatic rings. The maximum absolute atomic E-state index is 11.9. The number of hydrogen-bond acceptors (Lipinski definition) is 6. The molecule has 1 saturated heterocycles. The van der Waals surface area contributed by atoms with E-state index in [0.717, 1.165) is 31.6 Å². The Kier molecular flexibility index (Phi) is 6.77. The van der Waals surface area contributed by atoms with E-state index in [1.807, 2.05) is 0 Å². The third-order valence-corrected chi connectivity index (χ3v) is 4.91. The van der Waals surface area contributed by atoms with Crippen LogP contribution in [0.25, 0.3) is 0 Å². The van der Waals surface area contributed by atoms with Gasteiger partial charge in [0.25, 0.3) is 0 Å². The van der Waals surface area contributed by atoms with Crippen LogP contribution >= 0.6 is 0 Å². The number of aromatic nitrogens is 2. The summed E-state index contributed by atoms with van der Waals surface area (Å²) in [7, 11) is 3.56. The Morgan fingerprint density at radius 2 is 1.79 bits per heavy atom. The highest BCUT2D eigenvalue weighted by Crippen LogP contribution is 2.33. The molecule has 2 amide bonds. The number of hydrogen-bond donors (Lipinski definition) is 1. The molecule has 8 heteroatoms. The van der Waals surface area contributed by atoms with E-state index >= 15 is 0 Å². The lowest BCUT2D eigenvalue weighted by atomic mass is 9.93. The van der Waals surface area contributed by atoms with E-state index in [4.69, 9.17) is 4.74 Å². The zero-order valence-corrected chi connectivity index (χ0v) is 17.1. The molecule has 29 heavy (non-hydrogen) atoms. The van der Waals surface area contributed by atoms with E-state index in [9.17, 15) is 9.59 Å². The average Bonchev–Trinajstić information content (AvgIpc) is 2.70. The Morgan fingerprint density at radius 1 is 1.14 bits per heavy atom. The molecule has 0 radical (unpaired) electrons. The standard InChI is InChI=1S/C21H27N5O3/c1-15(27)24-17-4-6-18(7-5-17)29-21-20(22-10-11-23-21)16-8-12-26(13-9-16)14-19(28)25(2)3/h4-7,10-11,16H,8-9,12-14H2,1-3H3,(H,24,27). The minimum Gasteiger partial charge on any atom is -0.437 e. The first kappa shape index (κ1) is 20.7. The number of piperidine rings is 1. The van der Waals surface area contributed by atoms with Crippen LogP contribution in [-0.2, 0) is 9.59 Å². The first-order valence-electron chi connectivity index (χ1n) is 9.71. The van der Waals surface area contributed by atoms with Gasteiger partial charge in [-0.15, -0.1) is 0 Å². The lowest BCUT2D eigenvalue weighted by Gasteiger charge is -2.32. The largest absolute Gasteiger partial charge is 0.437 e. The van der Waals surface area contributed by atoms with Crippen molar-refractivity contribution in [2.75, 3.05) is 39.0 Å². The van der Waals surface area contributed by atoms with E-state index in [0.29, 0.717) is 23.9 Å². The highest BCUT2D eigenvalue weighted by atomic mass is 16.5. The monoisotopic (exact) mass is 397 g/mol. The third-order valence-electron chi connectivity index (χ3n) is 4.91. The predicted molar refractivity (Wildman–Crippen MR) is 110 cm³/mol. The summed E-state index contributed by atoms with van der Waals surface area (Å²) in [5.41, 5.74) is 1.56. The summed E-state index contributed by atoms with van der Waals surface area (Å²) in [5, 5.41) is 2.73. The molecule has 1 aromatic heterocycles. The minimum atomic E-state index is -0.117. The number of amides is 2. The lowest BCUT2D eigenvalue weighted by Crippen LogP contribution is -2.40. The van der Waals surface area contributed by atoms with Gasteiger partial charge in [-0.05, 0) is 50.2 Å². The van der Waals surface area contributed by atoms with Gasteiger partial charge in [-0.1, -0.05) is 0 Å². The van der Waals surface area contributed by atoms with E-state index in [2.05, 4.69) is 20.2 Å². The number of carbonyl (C=O) groups excluding carboxylic acids is 2. The van der Waals surface area contributed by atoms with Crippen molar-refractivity contribution in [1.82, 2.24) is 19.8 Å². The molecule has 0 spiro atoms. The van der Waals surface area contributed by atoms with Gasteiger partial charge in [0.15, 0.2) is 0 Å². The smallest absolute Gasteiger partial charge is 0.241 e. The van der Waals surface area contributed by atoms with Crippen molar-refractivity contribution in [2.24, 2.45) is 0 Å². The first-order valence-corrected chi connectivity index (χ1v) is 9.71. The van der Waals surface area contributed by atoms with Crippen molar-refractivity contribution in [3.8, 4) is 11.6 Å². The van der Waals surface area contributed by atoms with Crippen molar-refractivity contribution in [1.29, 1.82) is 0 Å². The molecular formula is C21H27N5O3. The number of rotatable bonds is 6. The summed E-state index contributed by atoms with van der Waals surface area (Å²) in [6.45, 7) is 3.60. The molecule has 8 nitrogen and oxygen atoms in total. The van der Waals surface area contributed by atoms with Gasteiger partial charge in [-0.25, -0.2) is 4.98 Å². The van der Waals surface area contributed by atoms with E-state index < -0.39 is 0 Å². The fraction of sp³-hybridized carbons (Fsp3) is 0.429. The van der Waals surface area contributed by atoms with E-state index in [1.165, 1.54) is 6.92 Å². The molecular weight excluding hydrogens is 370 g/mol. The van der Waals surface area contributed by atoms with E-state index in [1.54, 1.807) is 55.7 Å². The topological polar surface area (TPSA) is 87.7 Å².